The third kappa shape index (κ3) is 4.91. The Kier molecular flexibility index (Phi) is 5.90. The molecule has 0 fully saturated rings. The molecule has 1 rings (SSSR count). The van der Waals surface area contributed by atoms with Crippen LogP contribution in [0.25, 0.3) is 0 Å². The summed E-state index contributed by atoms with van der Waals surface area (Å²) in [6.45, 7) is 10.4. The quantitative estimate of drug-likeness (QED) is 0.565. The average Bonchev–Trinajstić information content (AvgIpc) is 2.30. The second-order valence-corrected chi connectivity index (χ2v) is 5.02. The van der Waals surface area contributed by atoms with Crippen LogP contribution in [0.2, 0.25) is 0 Å². The van der Waals surface area contributed by atoms with Gasteiger partial charge in [0.15, 0.2) is 5.90 Å². The van der Waals surface area contributed by atoms with Crippen LogP contribution >= 0.6 is 0 Å². The summed E-state index contributed by atoms with van der Waals surface area (Å²) >= 11 is 0. The van der Waals surface area contributed by atoms with Gasteiger partial charge in [0, 0.05) is 19.4 Å². The molecule has 0 bridgehead atoms. The number of aryl methyl sites for hydroxylation is 1. The standard InChI is InChI=1S/C16H25NO/c1-6-16(18-14(5)17-12(2)3)11-15-10-8-7-9-13(15)4/h7-10,12,16H,6,11H2,1-5H3. The molecular formula is C16H25NO. The Labute approximate surface area is 111 Å². The van der Waals surface area contributed by atoms with Crippen molar-refractivity contribution in [2.24, 2.45) is 4.99 Å². The molecule has 0 saturated heterocycles. The monoisotopic (exact) mass is 247 g/mol. The molecule has 1 aromatic carbocycles. The summed E-state index contributed by atoms with van der Waals surface area (Å²) in [4.78, 5) is 4.42. The molecule has 0 amide bonds. The van der Waals surface area contributed by atoms with Gasteiger partial charge in [-0.2, -0.15) is 0 Å². The van der Waals surface area contributed by atoms with Crippen molar-refractivity contribution in [3.8, 4) is 0 Å². The van der Waals surface area contributed by atoms with Gasteiger partial charge >= 0.3 is 0 Å². The molecule has 0 N–H and O–H groups in total. The molecule has 0 aliphatic heterocycles. The lowest BCUT2D eigenvalue weighted by molar-refractivity contribution is 0.181. The molecule has 1 unspecified atom stereocenters. The van der Waals surface area contributed by atoms with Gasteiger partial charge in [-0.05, 0) is 38.3 Å². The number of ether oxygens (including phenoxy) is 1. The minimum atomic E-state index is 0.216. The van der Waals surface area contributed by atoms with Crippen molar-refractivity contribution in [1.29, 1.82) is 0 Å². The molecule has 0 radical (unpaired) electrons. The lowest BCUT2D eigenvalue weighted by atomic mass is 10.0. The van der Waals surface area contributed by atoms with Gasteiger partial charge in [-0.1, -0.05) is 31.2 Å². The molecule has 2 heteroatoms. The third-order valence-electron chi connectivity index (χ3n) is 2.94. The maximum atomic E-state index is 5.92. The van der Waals surface area contributed by atoms with E-state index in [1.165, 1.54) is 11.1 Å². The lowest BCUT2D eigenvalue weighted by Crippen LogP contribution is -2.19. The fourth-order valence-electron chi connectivity index (χ4n) is 1.99. The molecule has 0 spiro atoms. The van der Waals surface area contributed by atoms with E-state index in [1.807, 2.05) is 6.92 Å². The van der Waals surface area contributed by atoms with Gasteiger partial charge in [0.25, 0.3) is 0 Å². The summed E-state index contributed by atoms with van der Waals surface area (Å²) < 4.78 is 5.92. The SMILES string of the molecule is CCC(Cc1ccccc1C)OC(C)=NC(C)C. The Morgan fingerprint density at radius 1 is 1.28 bits per heavy atom. The van der Waals surface area contributed by atoms with Crippen molar-refractivity contribution in [3.05, 3.63) is 35.4 Å². The van der Waals surface area contributed by atoms with Crippen molar-refractivity contribution < 1.29 is 4.74 Å². The Hall–Kier alpha value is -1.31. The normalized spacial score (nSPS) is 13.8. The van der Waals surface area contributed by atoms with Gasteiger partial charge < -0.3 is 4.74 Å². The first-order valence-electron chi connectivity index (χ1n) is 6.78. The van der Waals surface area contributed by atoms with Crippen LogP contribution in [-0.4, -0.2) is 18.0 Å². The van der Waals surface area contributed by atoms with Gasteiger partial charge in [0.05, 0.1) is 0 Å². The third-order valence-corrected chi connectivity index (χ3v) is 2.94. The second-order valence-electron chi connectivity index (χ2n) is 5.02. The minimum absolute atomic E-state index is 0.216. The van der Waals surface area contributed by atoms with Crippen molar-refractivity contribution in [2.75, 3.05) is 0 Å². The number of hydrogen-bond acceptors (Lipinski definition) is 2. The molecule has 2 nitrogen and oxygen atoms in total. The smallest absolute Gasteiger partial charge is 0.180 e. The Bertz CT molecular complexity index is 396. The molecule has 0 saturated carbocycles. The van der Waals surface area contributed by atoms with Crippen molar-refractivity contribution >= 4 is 5.90 Å². The molecule has 0 aromatic heterocycles. The van der Waals surface area contributed by atoms with Crippen LogP contribution in [0.4, 0.5) is 0 Å². The fraction of sp³-hybridized carbons (Fsp3) is 0.562. The topological polar surface area (TPSA) is 21.6 Å². The zero-order valence-corrected chi connectivity index (χ0v) is 12.2. The highest BCUT2D eigenvalue weighted by Crippen LogP contribution is 2.14. The van der Waals surface area contributed by atoms with Gasteiger partial charge in [-0.3, -0.25) is 4.99 Å². The summed E-state index contributed by atoms with van der Waals surface area (Å²) in [5.74, 6) is 0.797. The molecule has 100 valence electrons. The van der Waals surface area contributed by atoms with E-state index >= 15 is 0 Å². The summed E-state index contributed by atoms with van der Waals surface area (Å²) in [6, 6.07) is 8.78. The minimum Gasteiger partial charge on any atom is -0.478 e. The van der Waals surface area contributed by atoms with E-state index in [0.29, 0.717) is 6.04 Å². The number of benzene rings is 1. The predicted molar refractivity (Wildman–Crippen MR) is 78.3 cm³/mol. The number of nitrogens with zero attached hydrogens (tertiary/aromatic N) is 1. The van der Waals surface area contributed by atoms with E-state index in [4.69, 9.17) is 4.74 Å². The van der Waals surface area contributed by atoms with Crippen LogP contribution in [0, 0.1) is 6.92 Å². The fourth-order valence-corrected chi connectivity index (χ4v) is 1.99. The zero-order chi connectivity index (χ0) is 13.5. The maximum absolute atomic E-state index is 5.92. The van der Waals surface area contributed by atoms with Crippen LogP contribution in [0.3, 0.4) is 0 Å². The molecule has 1 aromatic rings. The van der Waals surface area contributed by atoms with Crippen molar-refractivity contribution in [1.82, 2.24) is 0 Å². The summed E-state index contributed by atoms with van der Waals surface area (Å²) in [7, 11) is 0. The maximum Gasteiger partial charge on any atom is 0.180 e. The van der Waals surface area contributed by atoms with Crippen LogP contribution in [-0.2, 0) is 11.2 Å². The van der Waals surface area contributed by atoms with Gasteiger partial charge in [0.2, 0.25) is 0 Å². The van der Waals surface area contributed by atoms with Gasteiger partial charge in [0.1, 0.15) is 6.10 Å². The van der Waals surface area contributed by atoms with E-state index < -0.39 is 0 Å². The van der Waals surface area contributed by atoms with Crippen molar-refractivity contribution in [3.63, 3.8) is 0 Å². The highest BCUT2D eigenvalue weighted by Gasteiger charge is 2.11. The van der Waals surface area contributed by atoms with Crippen LogP contribution in [0.1, 0.15) is 45.2 Å². The summed E-state index contributed by atoms with van der Waals surface area (Å²) in [6.07, 6.45) is 2.17. The van der Waals surface area contributed by atoms with E-state index in [1.54, 1.807) is 0 Å². The molecule has 0 heterocycles. The molecular weight excluding hydrogens is 222 g/mol. The Morgan fingerprint density at radius 2 is 1.94 bits per heavy atom. The van der Waals surface area contributed by atoms with Gasteiger partial charge in [-0.15, -0.1) is 0 Å². The van der Waals surface area contributed by atoms with E-state index in [9.17, 15) is 0 Å². The largest absolute Gasteiger partial charge is 0.478 e. The number of rotatable bonds is 5. The average molecular weight is 247 g/mol. The highest BCUT2D eigenvalue weighted by molar-refractivity contribution is 5.73. The first-order valence-corrected chi connectivity index (χ1v) is 6.78. The first-order chi connectivity index (χ1) is 8.52. The van der Waals surface area contributed by atoms with Gasteiger partial charge in [-0.25, -0.2) is 0 Å². The second kappa shape index (κ2) is 7.20. The Balaban J connectivity index is 2.66. The molecule has 0 aliphatic rings. The van der Waals surface area contributed by atoms with Crippen LogP contribution in [0.15, 0.2) is 29.3 Å². The lowest BCUT2D eigenvalue weighted by Gasteiger charge is -2.18. The van der Waals surface area contributed by atoms with Crippen LogP contribution in [0.5, 0.6) is 0 Å². The van der Waals surface area contributed by atoms with E-state index in [-0.39, 0.29) is 6.10 Å². The predicted octanol–water partition coefficient (Wildman–Crippen LogP) is 4.16. The van der Waals surface area contributed by atoms with Crippen molar-refractivity contribution in [2.45, 2.75) is 59.6 Å². The van der Waals surface area contributed by atoms with E-state index in [2.05, 4.69) is 57.0 Å². The Morgan fingerprint density at radius 3 is 2.50 bits per heavy atom. The number of hydrogen-bond donors (Lipinski definition) is 0. The summed E-state index contributed by atoms with van der Waals surface area (Å²) in [5.41, 5.74) is 2.69. The molecule has 0 aliphatic carbocycles. The number of aliphatic imine (C=N–C) groups is 1. The highest BCUT2D eigenvalue weighted by atomic mass is 16.5. The molecule has 1 atom stereocenters. The first kappa shape index (κ1) is 14.7. The molecule has 18 heavy (non-hydrogen) atoms. The van der Waals surface area contributed by atoms with Crippen LogP contribution < -0.4 is 0 Å². The van der Waals surface area contributed by atoms with E-state index in [0.717, 1.165) is 18.7 Å². The summed E-state index contributed by atoms with van der Waals surface area (Å²) in [5, 5.41) is 0. The zero-order valence-electron chi connectivity index (χ0n) is 12.2.